The molecule has 1 radical (unpaired) electrons. The SMILES string of the molecule is Cc1ccnc(-c2[c-]ccc3c2sc2ccc(C4CCCC4)cc23)c1.[Ir].[c-]1ncccc1-c1noc2ccccc12. The molecule has 1 fully saturated rings. The number of aromatic nitrogens is 3. The van der Waals surface area contributed by atoms with Gasteiger partial charge in [-0.05, 0) is 71.4 Å². The van der Waals surface area contributed by atoms with E-state index >= 15 is 0 Å². The molecule has 4 nitrogen and oxygen atoms in total. The quantitative estimate of drug-likeness (QED) is 0.170. The van der Waals surface area contributed by atoms with Gasteiger partial charge in [0.05, 0.1) is 0 Å². The molecule has 0 atom stereocenters. The van der Waals surface area contributed by atoms with Crippen molar-refractivity contribution in [1.82, 2.24) is 15.1 Å². The molecule has 41 heavy (non-hydrogen) atoms. The van der Waals surface area contributed by atoms with Crippen molar-refractivity contribution >= 4 is 42.5 Å². The maximum absolute atomic E-state index is 5.21. The van der Waals surface area contributed by atoms with Crippen LogP contribution in [0.2, 0.25) is 0 Å². The third-order valence-electron chi connectivity index (χ3n) is 7.69. The maximum Gasteiger partial charge on any atom is 0.157 e. The van der Waals surface area contributed by atoms with Crippen molar-refractivity contribution in [1.29, 1.82) is 0 Å². The minimum Gasteiger partial charge on any atom is -0.366 e. The zero-order chi connectivity index (χ0) is 26.9. The first-order chi connectivity index (χ1) is 19.7. The van der Waals surface area contributed by atoms with Crippen molar-refractivity contribution < 1.29 is 24.6 Å². The largest absolute Gasteiger partial charge is 0.366 e. The molecular formula is C35H27IrN3OS-2. The standard InChI is InChI=1S/C23H20NS.C12H7N2O.Ir/c1-15-11-12-24-21(13-15)19-8-4-7-18-20-14-17(16-5-2-3-6-16)9-10-22(20)25-23(18)19;1-2-6-11-10(5-1)12(14-15-11)9-4-3-7-13-8-9;/h4,7,9-14,16H,2-3,5-6H2,1H3;1-7H;/q2*-1;. The van der Waals surface area contributed by atoms with Gasteiger partial charge in [-0.1, -0.05) is 66.4 Å². The summed E-state index contributed by atoms with van der Waals surface area (Å²) in [6, 6.07) is 30.5. The Kier molecular flexibility index (Phi) is 8.06. The predicted molar refractivity (Wildman–Crippen MR) is 163 cm³/mol. The van der Waals surface area contributed by atoms with Gasteiger partial charge < -0.3 is 14.5 Å². The predicted octanol–water partition coefficient (Wildman–Crippen LogP) is 9.57. The van der Waals surface area contributed by atoms with Crippen LogP contribution in [0.1, 0.15) is 42.7 Å². The van der Waals surface area contributed by atoms with Gasteiger partial charge in [-0.25, -0.2) is 0 Å². The Morgan fingerprint density at radius 2 is 1.76 bits per heavy atom. The van der Waals surface area contributed by atoms with Crippen LogP contribution in [0.4, 0.5) is 0 Å². The summed E-state index contributed by atoms with van der Waals surface area (Å²) in [4.78, 5) is 8.53. The molecule has 0 N–H and O–H groups in total. The number of hydrogen-bond donors (Lipinski definition) is 0. The molecule has 0 bridgehead atoms. The fourth-order valence-electron chi connectivity index (χ4n) is 5.67. The van der Waals surface area contributed by atoms with Crippen LogP contribution < -0.4 is 0 Å². The van der Waals surface area contributed by atoms with E-state index in [1.165, 1.54) is 57.0 Å². The van der Waals surface area contributed by atoms with Crippen LogP contribution >= 0.6 is 11.3 Å². The van der Waals surface area contributed by atoms with Gasteiger partial charge in [0.1, 0.15) is 0 Å². The van der Waals surface area contributed by atoms with Crippen LogP contribution in [0.5, 0.6) is 0 Å². The van der Waals surface area contributed by atoms with E-state index in [0.717, 1.165) is 39.4 Å². The van der Waals surface area contributed by atoms with E-state index < -0.39 is 0 Å². The van der Waals surface area contributed by atoms with Gasteiger partial charge in [0, 0.05) is 42.1 Å². The summed E-state index contributed by atoms with van der Waals surface area (Å²) < 4.78 is 7.88. The fourth-order valence-corrected chi connectivity index (χ4v) is 6.86. The van der Waals surface area contributed by atoms with Crippen molar-refractivity contribution in [2.75, 3.05) is 0 Å². The summed E-state index contributed by atoms with van der Waals surface area (Å²) in [5.41, 5.74) is 7.33. The van der Waals surface area contributed by atoms with Crippen molar-refractivity contribution in [3.8, 4) is 22.5 Å². The van der Waals surface area contributed by atoms with Crippen molar-refractivity contribution in [2.24, 2.45) is 0 Å². The first-order valence-corrected chi connectivity index (χ1v) is 14.5. The molecule has 6 heteroatoms. The third-order valence-corrected chi connectivity index (χ3v) is 8.90. The molecule has 8 rings (SSSR count). The van der Waals surface area contributed by atoms with Gasteiger partial charge in [0.25, 0.3) is 0 Å². The van der Waals surface area contributed by atoms with Crippen molar-refractivity contribution in [2.45, 2.75) is 38.5 Å². The summed E-state index contributed by atoms with van der Waals surface area (Å²) in [6.45, 7) is 2.12. The van der Waals surface area contributed by atoms with Crippen LogP contribution in [-0.2, 0) is 20.1 Å². The Hall–Kier alpha value is -3.70. The molecular weight excluding hydrogens is 703 g/mol. The van der Waals surface area contributed by atoms with Crippen molar-refractivity contribution in [3.63, 3.8) is 0 Å². The molecule has 4 heterocycles. The van der Waals surface area contributed by atoms with Crippen molar-refractivity contribution in [3.05, 3.63) is 115 Å². The summed E-state index contributed by atoms with van der Waals surface area (Å²) >= 11 is 1.87. The van der Waals surface area contributed by atoms with E-state index in [9.17, 15) is 0 Å². The van der Waals surface area contributed by atoms with Crippen LogP contribution in [0.15, 0.2) is 95.8 Å². The molecule has 205 valence electrons. The second kappa shape index (κ2) is 12.0. The Labute approximate surface area is 256 Å². The van der Waals surface area contributed by atoms with E-state index in [2.05, 4.69) is 70.7 Å². The zero-order valence-corrected chi connectivity index (χ0v) is 25.8. The smallest absolute Gasteiger partial charge is 0.157 e. The van der Waals surface area contributed by atoms with Crippen LogP contribution in [-0.4, -0.2) is 15.1 Å². The van der Waals surface area contributed by atoms with Crippen LogP contribution in [0, 0.1) is 19.2 Å². The first-order valence-electron chi connectivity index (χ1n) is 13.7. The molecule has 0 unspecified atom stereocenters. The van der Waals surface area contributed by atoms with Gasteiger partial charge >= 0.3 is 0 Å². The average Bonchev–Trinajstić information content (AvgIpc) is 3.76. The minimum atomic E-state index is 0. The minimum absolute atomic E-state index is 0. The van der Waals surface area contributed by atoms with E-state index in [1.807, 2.05) is 60.0 Å². The number of pyridine rings is 2. The van der Waals surface area contributed by atoms with Gasteiger partial charge in [-0.2, -0.15) is 11.3 Å². The Morgan fingerprint density at radius 1 is 0.878 bits per heavy atom. The number of hydrogen-bond acceptors (Lipinski definition) is 5. The normalized spacial score (nSPS) is 13.3. The zero-order valence-electron chi connectivity index (χ0n) is 22.6. The number of benzene rings is 3. The number of fused-ring (bicyclic) bond motifs is 4. The summed E-state index contributed by atoms with van der Waals surface area (Å²) in [5, 5.41) is 7.75. The number of para-hydroxylation sites is 1. The number of nitrogens with zero attached hydrogens (tertiary/aromatic N) is 3. The molecule has 1 aliphatic rings. The Balaban J connectivity index is 0.000000162. The second-order valence-corrected chi connectivity index (χ2v) is 11.4. The summed E-state index contributed by atoms with van der Waals surface area (Å²) in [7, 11) is 0. The van der Waals surface area contributed by atoms with Gasteiger partial charge in [-0.15, -0.1) is 46.6 Å². The first kappa shape index (κ1) is 27.5. The maximum atomic E-state index is 5.21. The van der Waals surface area contributed by atoms with Crippen LogP contribution in [0.25, 0.3) is 53.7 Å². The molecule has 0 spiro atoms. The number of aryl methyl sites for hydroxylation is 1. The summed E-state index contributed by atoms with van der Waals surface area (Å²) in [5.74, 6) is 0.757. The second-order valence-electron chi connectivity index (χ2n) is 10.3. The molecule has 1 aliphatic carbocycles. The van der Waals surface area contributed by atoms with E-state index in [0.29, 0.717) is 0 Å². The van der Waals surface area contributed by atoms with E-state index in [4.69, 9.17) is 4.52 Å². The van der Waals surface area contributed by atoms with Gasteiger partial charge in [0.2, 0.25) is 0 Å². The molecule has 3 aromatic carbocycles. The monoisotopic (exact) mass is 730 g/mol. The molecule has 0 amide bonds. The Morgan fingerprint density at radius 3 is 2.59 bits per heavy atom. The van der Waals surface area contributed by atoms with Crippen LogP contribution in [0.3, 0.4) is 0 Å². The van der Waals surface area contributed by atoms with E-state index in [-0.39, 0.29) is 20.1 Å². The molecule has 4 aromatic heterocycles. The molecule has 0 aliphatic heterocycles. The van der Waals surface area contributed by atoms with Gasteiger partial charge in [-0.3, -0.25) is 0 Å². The van der Waals surface area contributed by atoms with E-state index in [1.54, 1.807) is 6.20 Å². The Bertz CT molecular complexity index is 1940. The molecule has 7 aromatic rings. The average molecular weight is 730 g/mol. The number of thiophene rings is 1. The third kappa shape index (κ3) is 5.48. The summed E-state index contributed by atoms with van der Waals surface area (Å²) in [6.07, 6.45) is 11.9. The topological polar surface area (TPSA) is 51.8 Å². The fraction of sp³-hybridized carbons (Fsp3) is 0.171. The molecule has 0 saturated heterocycles. The number of rotatable bonds is 3. The molecule has 1 saturated carbocycles. The van der Waals surface area contributed by atoms with Gasteiger partial charge in [0.15, 0.2) is 5.58 Å².